The topological polar surface area (TPSA) is 92.1 Å². The van der Waals surface area contributed by atoms with Gasteiger partial charge in [0.05, 0.1) is 33.1 Å². The van der Waals surface area contributed by atoms with Crippen LogP contribution in [0, 0.1) is 0 Å². The van der Waals surface area contributed by atoms with E-state index in [0.29, 0.717) is 29.2 Å². The molecule has 0 aliphatic heterocycles. The van der Waals surface area contributed by atoms with Crippen molar-refractivity contribution in [2.45, 2.75) is 26.7 Å². The zero-order valence-corrected chi connectivity index (χ0v) is 81.8. The molecule has 9 nitrogen and oxygen atoms in total. The van der Waals surface area contributed by atoms with Gasteiger partial charge in [-0.2, -0.15) is 19.9 Å². The van der Waals surface area contributed by atoms with Crippen LogP contribution in [0.2, 0.25) is 5.28 Å². The Morgan fingerprint density at radius 2 is 0.463 bits per heavy atom. The van der Waals surface area contributed by atoms with Crippen molar-refractivity contribution in [3.05, 3.63) is 559 Å². The predicted octanol–water partition coefficient (Wildman–Crippen LogP) is 35.9. The first-order chi connectivity index (χ1) is 72.2. The van der Waals surface area contributed by atoms with Crippen molar-refractivity contribution in [1.29, 1.82) is 0 Å². The van der Waals surface area contributed by atoms with Crippen LogP contribution in [0.1, 0.15) is 40.8 Å². The lowest BCUT2D eigenvalue weighted by Gasteiger charge is -2.14. The quantitative estimate of drug-likeness (QED) is 0.121. The average Bonchev–Trinajstić information content (AvgIpc) is 1.53. The summed E-state index contributed by atoms with van der Waals surface area (Å²) in [6.07, 6.45) is 3.18. The summed E-state index contributed by atoms with van der Waals surface area (Å²) in [5, 5.41) is 7.44. The first kappa shape index (κ1) is 91.3. The molecule has 698 valence electrons. The second-order valence-corrected chi connectivity index (χ2v) is 38.1. The van der Waals surface area contributed by atoms with Gasteiger partial charge < -0.3 is 9.13 Å². The third kappa shape index (κ3) is 17.8. The molecule has 21 aromatic carbocycles. The van der Waals surface area contributed by atoms with E-state index in [9.17, 15) is 0 Å². The molecular weight excluding hydrogens is 1870 g/mol. The maximum Gasteiger partial charge on any atom is 0.238 e. The number of rotatable bonds is 12. The Labute approximate surface area is 867 Å². The largest absolute Gasteiger partial charge is 0.309 e. The van der Waals surface area contributed by atoms with Crippen LogP contribution in [0.15, 0.2) is 520 Å². The molecule has 3 aliphatic carbocycles. The van der Waals surface area contributed by atoms with E-state index >= 15 is 0 Å². The predicted molar refractivity (Wildman–Crippen MR) is 615 cm³/mol. The number of halogens is 2. The highest BCUT2D eigenvalue weighted by atomic mass is 79.9. The van der Waals surface area contributed by atoms with Crippen molar-refractivity contribution in [1.82, 2.24) is 43.6 Å². The molecule has 0 spiro atoms. The summed E-state index contributed by atoms with van der Waals surface area (Å²) in [5.74, 6) is 2.93. The number of aromatic nitrogens is 9. The number of hydrogen-bond acceptors (Lipinski definition) is 6. The molecule has 26 aromatic rings. The molecule has 29 rings (SSSR count). The van der Waals surface area contributed by atoms with E-state index in [1.165, 1.54) is 116 Å². The molecule has 0 N–H and O–H groups in total. The van der Waals surface area contributed by atoms with Crippen LogP contribution in [0.3, 0.4) is 0 Å². The smallest absolute Gasteiger partial charge is 0.238 e. The average molecular weight is 1970 g/mol. The third-order valence-corrected chi connectivity index (χ3v) is 28.8. The molecule has 5 heterocycles. The molecule has 3 aliphatic rings. The highest BCUT2D eigenvalue weighted by Crippen LogP contribution is 2.50. The number of fused-ring (bicyclic) bond motifs is 21. The molecule has 0 fully saturated rings. The van der Waals surface area contributed by atoms with Gasteiger partial charge in [-0.05, 0) is 214 Å². The number of benzene rings is 21. The lowest BCUT2D eigenvalue weighted by Crippen LogP contribution is -2.07. The molecule has 0 atom stereocenters. The van der Waals surface area contributed by atoms with Crippen molar-refractivity contribution in [2.24, 2.45) is 0 Å². The van der Waals surface area contributed by atoms with Crippen LogP contribution < -0.4 is 0 Å². The van der Waals surface area contributed by atoms with Gasteiger partial charge >= 0.3 is 0 Å². The summed E-state index contributed by atoms with van der Waals surface area (Å²) in [6, 6.07) is 181. The first-order valence-electron chi connectivity index (χ1n) is 49.4. The van der Waals surface area contributed by atoms with Gasteiger partial charge in [0.2, 0.25) is 11.2 Å². The minimum Gasteiger partial charge on any atom is -0.309 e. The number of para-hydroxylation sites is 3. The van der Waals surface area contributed by atoms with Crippen LogP contribution in [-0.4, -0.2) is 43.6 Å². The molecule has 5 aromatic heterocycles. The Balaban J connectivity index is 0.000000107. The van der Waals surface area contributed by atoms with Gasteiger partial charge in [-0.1, -0.05) is 472 Å². The summed E-state index contributed by atoms with van der Waals surface area (Å²) in [7, 11) is 0. The maximum atomic E-state index is 6.14. The van der Waals surface area contributed by atoms with Crippen LogP contribution >= 0.6 is 27.5 Å². The summed E-state index contributed by atoms with van der Waals surface area (Å²) in [5.41, 5.74) is 42.1. The molecule has 0 bridgehead atoms. The number of nitrogens with zero attached hydrogens (tertiary/aromatic N) is 9. The Bertz CT molecular complexity index is 9340. The van der Waals surface area contributed by atoms with E-state index in [0.717, 1.165) is 118 Å². The summed E-state index contributed by atoms with van der Waals surface area (Å²) in [6.45, 7) is 0. The fourth-order valence-corrected chi connectivity index (χ4v) is 22.0. The van der Waals surface area contributed by atoms with Gasteiger partial charge in [0.15, 0.2) is 23.3 Å². The van der Waals surface area contributed by atoms with Gasteiger partial charge in [-0.25, -0.2) is 9.97 Å². The Morgan fingerprint density at radius 3 is 0.878 bits per heavy atom. The number of hydrogen-bond donors (Lipinski definition) is 0. The SMILES string of the molecule is Brc1cccc(-c2ccccc2)c1.C.Clc1nc(-c2ccccc2)nc(-c2cccc(-c3ccccc3)c2)n1.c1ccc(-c2cccc(-c3nc(-c4ccccc4)nc(-n4c5ccccc5c5ccc6c7ccccc7n(-c7cccc(-c8ccccc8)c7)c6c54)n3)c2)cc1.c1ccc(-c2cccc(-n3c4ccccc4c4ccc5c(c43)Cc3ccccc3-5)c2)cc1.c1ccc2c(c1)Cc1c-2ccc2c1Cc1ccccc1-2. The van der Waals surface area contributed by atoms with E-state index < -0.39 is 0 Å². The summed E-state index contributed by atoms with van der Waals surface area (Å²) < 4.78 is 8.26. The minimum atomic E-state index is 0. The third-order valence-electron chi connectivity index (χ3n) is 28.2. The Kier molecular flexibility index (Phi) is 25.0. The maximum absolute atomic E-state index is 6.14. The van der Waals surface area contributed by atoms with Crippen molar-refractivity contribution in [3.63, 3.8) is 0 Å². The molecule has 0 radical (unpaired) electrons. The Morgan fingerprint density at radius 1 is 0.190 bits per heavy atom. The van der Waals surface area contributed by atoms with Crippen molar-refractivity contribution < 1.29 is 0 Å². The lowest BCUT2D eigenvalue weighted by atomic mass is 9.96. The molecule has 11 heteroatoms. The second-order valence-electron chi connectivity index (χ2n) is 36.9. The summed E-state index contributed by atoms with van der Waals surface area (Å²) in [4.78, 5) is 29.0. The van der Waals surface area contributed by atoms with Crippen molar-refractivity contribution in [3.8, 4) is 152 Å². The summed E-state index contributed by atoms with van der Waals surface area (Å²) >= 11 is 9.60. The minimum absolute atomic E-state index is 0. The van der Waals surface area contributed by atoms with E-state index in [1.807, 2.05) is 103 Å². The molecule has 0 saturated heterocycles. The van der Waals surface area contributed by atoms with Crippen LogP contribution in [0.4, 0.5) is 0 Å². The zero-order valence-electron chi connectivity index (χ0n) is 79.5. The van der Waals surface area contributed by atoms with Gasteiger partial charge in [0, 0.05) is 76.8 Å². The van der Waals surface area contributed by atoms with Crippen molar-refractivity contribution >= 4 is 92.9 Å². The first-order valence-corrected chi connectivity index (χ1v) is 50.5. The van der Waals surface area contributed by atoms with Gasteiger partial charge in [0.1, 0.15) is 0 Å². The fourth-order valence-electron chi connectivity index (χ4n) is 21.4. The molecule has 0 amide bonds. The van der Waals surface area contributed by atoms with E-state index in [2.05, 4.69) is 457 Å². The van der Waals surface area contributed by atoms with Crippen LogP contribution in [0.25, 0.3) is 217 Å². The van der Waals surface area contributed by atoms with Crippen molar-refractivity contribution in [2.75, 3.05) is 0 Å². The van der Waals surface area contributed by atoms with E-state index in [1.54, 1.807) is 11.1 Å². The van der Waals surface area contributed by atoms with Crippen LogP contribution in [-0.2, 0) is 19.3 Å². The highest BCUT2D eigenvalue weighted by Gasteiger charge is 2.31. The van der Waals surface area contributed by atoms with Gasteiger partial charge in [0.25, 0.3) is 0 Å². The molecule has 0 saturated carbocycles. The molecular formula is C136H95BrClN9. The molecule has 147 heavy (non-hydrogen) atoms. The fraction of sp³-hybridized carbons (Fsp3) is 0.0294. The normalized spacial score (nSPS) is 11.6. The van der Waals surface area contributed by atoms with E-state index in [4.69, 9.17) is 26.6 Å². The van der Waals surface area contributed by atoms with Crippen LogP contribution in [0.5, 0.6) is 0 Å². The lowest BCUT2D eigenvalue weighted by molar-refractivity contribution is 0.953. The second kappa shape index (κ2) is 40.3. The van der Waals surface area contributed by atoms with E-state index in [-0.39, 0.29) is 12.7 Å². The molecule has 0 unspecified atom stereocenters. The van der Waals surface area contributed by atoms with Gasteiger partial charge in [-0.3, -0.25) is 4.57 Å². The Hall–Kier alpha value is -18.2. The zero-order chi connectivity index (χ0) is 97.3. The standard InChI is InChI=1S/C51H33N5.C31H21N.C21H14ClN3.C20H14.C12H9Br.CH4/c1-4-16-34(17-5-1)37-22-14-24-39(32-37)50-52-49(36-20-8-3-9-21-36)53-51(54-50)56-46-29-13-11-27-42(46)44-31-30-43-41-26-10-12-28-45(41)55(47(43)48(44)56)40-25-15-23-38(33-40)35-18-6-2-7-19-35;1-2-9-21(10-3-1)22-12-8-13-24(19-22)32-30-16-7-6-15-27(30)28-18-17-26-25-14-5-4-11-23(25)20-29(26)31(28)32;22-21-24-19(16-10-5-2-6-11-16)23-20(25-21)18-13-7-12-17(14-18)15-8-3-1-4-9-15;1-3-7-15-13(5-1)11-19-17(15)9-10-18-16-8-4-2-6-14(16)12-20(18)19;13-12-8-4-7-11(9-12)10-5-2-1-3-6-10;/h1-33H;1-19H,20H2;1-14H;1-10H,11-12H2;1-9H;1H4. The monoisotopic (exact) mass is 1970 g/mol. The highest BCUT2D eigenvalue weighted by molar-refractivity contribution is 9.10. The van der Waals surface area contributed by atoms with Gasteiger partial charge in [-0.15, -0.1) is 0 Å².